The van der Waals surface area contributed by atoms with Crippen molar-refractivity contribution in [3.8, 4) is 0 Å². The predicted octanol–water partition coefficient (Wildman–Crippen LogP) is 5.58. The Morgan fingerprint density at radius 3 is 2.62 bits per heavy atom. The number of nitrogens with one attached hydrogen (secondary N) is 1. The van der Waals surface area contributed by atoms with E-state index in [-0.39, 0.29) is 5.91 Å². The summed E-state index contributed by atoms with van der Waals surface area (Å²) in [5.74, 6) is 0.884. The van der Waals surface area contributed by atoms with E-state index in [1.165, 1.54) is 0 Å². The third-order valence-electron chi connectivity index (χ3n) is 5.70. The second-order valence-corrected chi connectivity index (χ2v) is 8.68. The summed E-state index contributed by atoms with van der Waals surface area (Å²) in [6, 6.07) is 19.9. The lowest BCUT2D eigenvalue weighted by atomic mass is 10.1. The second kappa shape index (κ2) is 9.15. The minimum Gasteiger partial charge on any atom is -0.468 e. The number of hydrogen-bond donors (Lipinski definition) is 1. The highest BCUT2D eigenvalue weighted by molar-refractivity contribution is 6.32. The van der Waals surface area contributed by atoms with Gasteiger partial charge in [0.1, 0.15) is 5.76 Å². The molecule has 5 nitrogen and oxygen atoms in total. The molecule has 0 spiro atoms. The normalized spacial score (nSPS) is 13.6. The lowest BCUT2D eigenvalue weighted by molar-refractivity contribution is 0.0951. The van der Waals surface area contributed by atoms with Crippen molar-refractivity contribution in [3.05, 3.63) is 101 Å². The maximum Gasteiger partial charge on any atom is 0.251 e. The summed E-state index contributed by atoms with van der Waals surface area (Å²) >= 11 is 6.60. The maximum atomic E-state index is 12.3. The number of aromatic nitrogens is 1. The Hall–Kier alpha value is -3.15. The number of rotatable bonds is 8. The van der Waals surface area contributed by atoms with Crippen molar-refractivity contribution in [2.24, 2.45) is 0 Å². The molecule has 2 aromatic heterocycles. The standard InChI is InChI=1S/C26H24ClN3O2/c27-24-12-9-19-3-1-13-28-25(19)23(24)17-30(16-22-4-2-14-32-22)15-18-5-7-20(8-6-18)26(31)29-21-10-11-21/h1-9,12-14,21H,10-11,15-17H2,(H,29,31). The minimum atomic E-state index is 0.0000956. The zero-order valence-corrected chi connectivity index (χ0v) is 18.4. The summed E-state index contributed by atoms with van der Waals surface area (Å²) in [7, 11) is 0. The van der Waals surface area contributed by atoms with E-state index in [1.807, 2.05) is 60.7 Å². The Morgan fingerprint density at radius 1 is 1.03 bits per heavy atom. The van der Waals surface area contributed by atoms with Gasteiger partial charge in [-0.2, -0.15) is 0 Å². The number of furan rings is 1. The Morgan fingerprint density at radius 2 is 1.88 bits per heavy atom. The highest BCUT2D eigenvalue weighted by Gasteiger charge is 2.23. The van der Waals surface area contributed by atoms with E-state index >= 15 is 0 Å². The minimum absolute atomic E-state index is 0.0000956. The van der Waals surface area contributed by atoms with Crippen LogP contribution in [0, 0.1) is 0 Å². The van der Waals surface area contributed by atoms with Gasteiger partial charge in [0.05, 0.1) is 18.3 Å². The first-order valence-electron chi connectivity index (χ1n) is 10.8. The molecule has 32 heavy (non-hydrogen) atoms. The quantitative estimate of drug-likeness (QED) is 0.385. The van der Waals surface area contributed by atoms with Crippen molar-refractivity contribution >= 4 is 28.4 Å². The summed E-state index contributed by atoms with van der Waals surface area (Å²) in [5, 5.41) is 4.80. The molecule has 2 aromatic carbocycles. The molecule has 0 aliphatic heterocycles. The monoisotopic (exact) mass is 445 g/mol. The van der Waals surface area contributed by atoms with Crippen LogP contribution < -0.4 is 5.32 Å². The Kier molecular flexibility index (Phi) is 5.93. The van der Waals surface area contributed by atoms with E-state index in [1.54, 1.807) is 12.5 Å². The molecule has 1 aliphatic rings. The number of hydrogen-bond acceptors (Lipinski definition) is 4. The zero-order chi connectivity index (χ0) is 21.9. The predicted molar refractivity (Wildman–Crippen MR) is 125 cm³/mol. The number of pyridine rings is 1. The highest BCUT2D eigenvalue weighted by atomic mass is 35.5. The van der Waals surface area contributed by atoms with Gasteiger partial charge in [-0.1, -0.05) is 35.9 Å². The fourth-order valence-corrected chi connectivity index (χ4v) is 4.07. The van der Waals surface area contributed by atoms with Crippen molar-refractivity contribution in [2.75, 3.05) is 0 Å². The number of halogens is 1. The fraction of sp³-hybridized carbons (Fsp3) is 0.231. The van der Waals surface area contributed by atoms with Crippen LogP contribution in [0.5, 0.6) is 0 Å². The van der Waals surface area contributed by atoms with Crippen LogP contribution in [0.15, 0.2) is 77.5 Å². The molecule has 0 unspecified atom stereocenters. The Labute approximate surface area is 192 Å². The molecular weight excluding hydrogens is 422 g/mol. The molecule has 5 rings (SSSR count). The summed E-state index contributed by atoms with van der Waals surface area (Å²) in [6.07, 6.45) is 5.64. The van der Waals surface area contributed by atoms with Crippen LogP contribution in [-0.4, -0.2) is 21.8 Å². The Balaban J connectivity index is 1.38. The fourth-order valence-electron chi connectivity index (χ4n) is 3.86. The molecule has 1 aliphatic carbocycles. The first-order valence-corrected chi connectivity index (χ1v) is 11.2. The smallest absolute Gasteiger partial charge is 0.251 e. The number of nitrogens with zero attached hydrogens (tertiary/aromatic N) is 2. The van der Waals surface area contributed by atoms with Gasteiger partial charge in [0.2, 0.25) is 0 Å². The highest BCUT2D eigenvalue weighted by Crippen LogP contribution is 2.27. The van der Waals surface area contributed by atoms with E-state index in [2.05, 4.69) is 15.2 Å². The van der Waals surface area contributed by atoms with Crippen LogP contribution in [0.2, 0.25) is 5.02 Å². The van der Waals surface area contributed by atoms with E-state index in [4.69, 9.17) is 16.0 Å². The molecule has 4 aromatic rings. The van der Waals surface area contributed by atoms with Gasteiger partial charge >= 0.3 is 0 Å². The van der Waals surface area contributed by atoms with Crippen LogP contribution in [0.25, 0.3) is 10.9 Å². The molecule has 0 bridgehead atoms. The first kappa shape index (κ1) is 20.7. The lowest BCUT2D eigenvalue weighted by Gasteiger charge is -2.23. The molecule has 1 N–H and O–H groups in total. The molecule has 2 heterocycles. The van der Waals surface area contributed by atoms with Gasteiger partial charge in [-0.25, -0.2) is 0 Å². The average Bonchev–Trinajstić information content (AvgIpc) is 3.47. The third-order valence-corrected chi connectivity index (χ3v) is 6.05. The molecule has 0 saturated heterocycles. The van der Waals surface area contributed by atoms with Gasteiger partial charge in [0, 0.05) is 46.9 Å². The lowest BCUT2D eigenvalue weighted by Crippen LogP contribution is -2.25. The molecular formula is C26H24ClN3O2. The number of fused-ring (bicyclic) bond motifs is 1. The van der Waals surface area contributed by atoms with Crippen molar-refractivity contribution in [1.82, 2.24) is 15.2 Å². The molecule has 1 amide bonds. The Bertz CT molecular complexity index is 1220. The van der Waals surface area contributed by atoms with Crippen LogP contribution >= 0.6 is 11.6 Å². The number of carbonyl (C=O) groups excluding carboxylic acids is 1. The van der Waals surface area contributed by atoms with Crippen molar-refractivity contribution in [2.45, 2.75) is 38.5 Å². The van der Waals surface area contributed by atoms with Gasteiger partial charge < -0.3 is 9.73 Å². The van der Waals surface area contributed by atoms with E-state index in [9.17, 15) is 4.79 Å². The van der Waals surface area contributed by atoms with Gasteiger partial charge in [0.25, 0.3) is 5.91 Å². The molecule has 0 atom stereocenters. The summed E-state index contributed by atoms with van der Waals surface area (Å²) in [5.41, 5.74) is 3.72. The average molecular weight is 446 g/mol. The van der Waals surface area contributed by atoms with Crippen molar-refractivity contribution in [3.63, 3.8) is 0 Å². The summed E-state index contributed by atoms with van der Waals surface area (Å²) in [6.45, 7) is 1.94. The SMILES string of the molecule is O=C(NC1CC1)c1ccc(CN(Cc2ccco2)Cc2c(Cl)ccc3cccnc23)cc1. The van der Waals surface area contributed by atoms with Crippen LogP contribution in [-0.2, 0) is 19.6 Å². The molecule has 1 fully saturated rings. The van der Waals surface area contributed by atoms with E-state index in [0.717, 1.165) is 40.6 Å². The van der Waals surface area contributed by atoms with Crippen LogP contribution in [0.3, 0.4) is 0 Å². The van der Waals surface area contributed by atoms with Gasteiger partial charge in [-0.3, -0.25) is 14.7 Å². The van der Waals surface area contributed by atoms with Crippen LogP contribution in [0.1, 0.15) is 40.1 Å². The molecule has 162 valence electrons. The van der Waals surface area contributed by atoms with Crippen LogP contribution in [0.4, 0.5) is 0 Å². The van der Waals surface area contributed by atoms with Crippen molar-refractivity contribution < 1.29 is 9.21 Å². The van der Waals surface area contributed by atoms with E-state index < -0.39 is 0 Å². The van der Waals surface area contributed by atoms with E-state index in [0.29, 0.717) is 36.3 Å². The van der Waals surface area contributed by atoms with Gasteiger partial charge in [-0.15, -0.1) is 0 Å². The number of carbonyl (C=O) groups is 1. The number of amides is 1. The second-order valence-electron chi connectivity index (χ2n) is 8.27. The third kappa shape index (κ3) is 4.85. The topological polar surface area (TPSA) is 58.4 Å². The zero-order valence-electron chi connectivity index (χ0n) is 17.6. The summed E-state index contributed by atoms with van der Waals surface area (Å²) in [4.78, 5) is 19.1. The molecule has 6 heteroatoms. The molecule has 1 saturated carbocycles. The van der Waals surface area contributed by atoms with Gasteiger partial charge in [-0.05, 0) is 54.8 Å². The maximum absolute atomic E-state index is 12.3. The first-order chi connectivity index (χ1) is 15.7. The summed E-state index contributed by atoms with van der Waals surface area (Å²) < 4.78 is 5.61. The largest absolute Gasteiger partial charge is 0.468 e. The molecule has 0 radical (unpaired) electrons. The van der Waals surface area contributed by atoms with Gasteiger partial charge in [0.15, 0.2) is 0 Å². The van der Waals surface area contributed by atoms with Crippen molar-refractivity contribution in [1.29, 1.82) is 0 Å². The number of benzene rings is 2.